The minimum absolute atomic E-state index is 0.0663. The van der Waals surface area contributed by atoms with Gasteiger partial charge in [-0.1, -0.05) is 88.1 Å². The largest absolute Gasteiger partial charge is 0.455 e. The van der Waals surface area contributed by atoms with Crippen LogP contribution in [-0.4, -0.2) is 8.07 Å². The minimum Gasteiger partial charge on any atom is -0.455 e. The fourth-order valence-corrected chi connectivity index (χ4v) is 7.11. The third-order valence-corrected chi connectivity index (χ3v) is 9.74. The zero-order valence-electron chi connectivity index (χ0n) is 22.1. The lowest BCUT2D eigenvalue weighted by Crippen LogP contribution is -2.37. The van der Waals surface area contributed by atoms with E-state index in [-0.39, 0.29) is 5.41 Å². The first kappa shape index (κ1) is 22.3. The highest BCUT2D eigenvalue weighted by Crippen LogP contribution is 2.54. The smallest absolute Gasteiger partial charge is 0.228 e. The Morgan fingerprint density at radius 1 is 0.829 bits per heavy atom. The number of aryl methyl sites for hydroxylation is 2. The molecule has 1 aliphatic rings. The zero-order chi connectivity index (χ0) is 24.9. The van der Waals surface area contributed by atoms with Crippen molar-refractivity contribution in [2.75, 3.05) is 0 Å². The lowest BCUT2D eigenvalue weighted by Gasteiger charge is -2.30. The summed E-state index contributed by atoms with van der Waals surface area (Å²) in [6.07, 6.45) is 2.22. The van der Waals surface area contributed by atoms with E-state index in [1.165, 1.54) is 59.9 Å². The Balaban J connectivity index is 1.81. The van der Waals surface area contributed by atoms with Gasteiger partial charge in [0.2, 0.25) is 5.69 Å². The summed E-state index contributed by atoms with van der Waals surface area (Å²) in [5.74, 6) is 1.99. The summed E-state index contributed by atoms with van der Waals surface area (Å²) in [4.78, 5) is 0. The normalized spacial score (nSPS) is 13.4. The molecule has 0 spiro atoms. The van der Waals surface area contributed by atoms with E-state index in [9.17, 15) is 0 Å². The molecule has 0 saturated heterocycles. The maximum atomic E-state index is 6.98. The van der Waals surface area contributed by atoms with Gasteiger partial charge in [0.15, 0.2) is 6.20 Å². The van der Waals surface area contributed by atoms with Crippen molar-refractivity contribution >= 4 is 45.6 Å². The lowest BCUT2D eigenvalue weighted by atomic mass is 9.78. The molecule has 176 valence electrons. The highest BCUT2D eigenvalue weighted by atomic mass is 28.3. The van der Waals surface area contributed by atoms with Gasteiger partial charge < -0.3 is 4.74 Å². The second-order valence-electron chi connectivity index (χ2n) is 12.2. The first-order valence-corrected chi connectivity index (χ1v) is 16.1. The monoisotopic (exact) mass is 476 g/mol. The van der Waals surface area contributed by atoms with Crippen LogP contribution < -0.4 is 14.5 Å². The highest BCUT2D eigenvalue weighted by Gasteiger charge is 2.36. The molecule has 0 unspecified atom stereocenters. The molecule has 0 fully saturated rings. The second-order valence-corrected chi connectivity index (χ2v) is 17.3. The number of rotatable bonds is 1. The molecule has 0 aliphatic carbocycles. The average molecular weight is 477 g/mol. The first-order chi connectivity index (χ1) is 16.5. The predicted octanol–water partition coefficient (Wildman–Crippen LogP) is 7.89. The van der Waals surface area contributed by atoms with Crippen LogP contribution in [0.25, 0.3) is 43.6 Å². The summed E-state index contributed by atoms with van der Waals surface area (Å²) in [6, 6.07) is 20.4. The quantitative estimate of drug-likeness (QED) is 0.134. The van der Waals surface area contributed by atoms with E-state index in [0.717, 1.165) is 11.5 Å². The molecular formula is C32H34NOSi+. The van der Waals surface area contributed by atoms with Gasteiger partial charge in [-0.2, -0.15) is 0 Å². The molecule has 35 heavy (non-hydrogen) atoms. The van der Waals surface area contributed by atoms with Gasteiger partial charge in [0.1, 0.15) is 18.5 Å². The topological polar surface area (TPSA) is 13.1 Å². The molecule has 2 heterocycles. The van der Waals surface area contributed by atoms with Crippen molar-refractivity contribution in [3.05, 3.63) is 71.9 Å². The minimum atomic E-state index is -1.43. The Morgan fingerprint density at radius 2 is 1.54 bits per heavy atom. The molecule has 2 nitrogen and oxygen atoms in total. The van der Waals surface area contributed by atoms with Gasteiger partial charge in [-0.3, -0.25) is 0 Å². The number of ether oxygens (including phenoxy) is 1. The number of nitrogens with zero attached hydrogens (tertiary/aromatic N) is 1. The van der Waals surface area contributed by atoms with E-state index in [1.807, 2.05) is 0 Å². The summed E-state index contributed by atoms with van der Waals surface area (Å²) >= 11 is 0. The predicted molar refractivity (Wildman–Crippen MR) is 152 cm³/mol. The van der Waals surface area contributed by atoms with Gasteiger partial charge in [0.05, 0.1) is 19.0 Å². The molecular weight excluding hydrogens is 442 g/mol. The Hall–Kier alpha value is -3.17. The van der Waals surface area contributed by atoms with E-state index < -0.39 is 8.07 Å². The van der Waals surface area contributed by atoms with E-state index in [1.54, 1.807) is 0 Å². The van der Waals surface area contributed by atoms with Crippen LogP contribution in [0, 0.1) is 6.92 Å². The van der Waals surface area contributed by atoms with Gasteiger partial charge in [0.25, 0.3) is 0 Å². The zero-order valence-corrected chi connectivity index (χ0v) is 23.1. The molecule has 0 amide bonds. The van der Waals surface area contributed by atoms with Crippen molar-refractivity contribution in [2.45, 2.75) is 52.8 Å². The van der Waals surface area contributed by atoms with Crippen molar-refractivity contribution in [3.63, 3.8) is 0 Å². The molecule has 0 bridgehead atoms. The number of fused-ring (bicyclic) bond motifs is 5. The van der Waals surface area contributed by atoms with E-state index in [2.05, 4.69) is 120 Å². The van der Waals surface area contributed by atoms with Gasteiger partial charge in [-0.15, -0.1) is 0 Å². The lowest BCUT2D eigenvalue weighted by molar-refractivity contribution is -0.659. The van der Waals surface area contributed by atoms with Gasteiger partial charge in [-0.25, -0.2) is 4.57 Å². The van der Waals surface area contributed by atoms with Gasteiger partial charge in [0, 0.05) is 17.0 Å². The van der Waals surface area contributed by atoms with Crippen LogP contribution in [0.1, 0.15) is 31.9 Å². The molecule has 1 aliphatic heterocycles. The van der Waals surface area contributed by atoms with E-state index >= 15 is 0 Å². The van der Waals surface area contributed by atoms with E-state index in [0.29, 0.717) is 0 Å². The number of aromatic nitrogens is 1. The Bertz CT molecular complexity index is 1700. The van der Waals surface area contributed by atoms with Crippen LogP contribution in [0.15, 0.2) is 60.8 Å². The fraction of sp³-hybridized carbons (Fsp3) is 0.281. The second kappa shape index (κ2) is 7.17. The molecule has 6 rings (SSSR count). The van der Waals surface area contributed by atoms with Crippen LogP contribution >= 0.6 is 0 Å². The summed E-state index contributed by atoms with van der Waals surface area (Å²) in [7, 11) is 0.738. The number of hydrogen-bond acceptors (Lipinski definition) is 1. The molecule has 3 heteroatoms. The van der Waals surface area contributed by atoms with Crippen LogP contribution in [0.5, 0.6) is 11.5 Å². The van der Waals surface area contributed by atoms with Crippen LogP contribution in [-0.2, 0) is 12.5 Å². The van der Waals surface area contributed by atoms with E-state index in [4.69, 9.17) is 4.74 Å². The average Bonchev–Trinajstić information content (AvgIpc) is 2.78. The molecule has 1 aromatic heterocycles. The number of hydrogen-bond donors (Lipinski definition) is 0. The Labute approximate surface area is 209 Å². The molecule has 4 aromatic carbocycles. The van der Waals surface area contributed by atoms with Crippen LogP contribution in [0.2, 0.25) is 19.6 Å². The van der Waals surface area contributed by atoms with Crippen LogP contribution in [0.4, 0.5) is 0 Å². The fourth-order valence-electron chi connectivity index (χ4n) is 5.93. The Morgan fingerprint density at radius 3 is 2.23 bits per heavy atom. The molecule has 0 N–H and O–H groups in total. The van der Waals surface area contributed by atoms with Crippen molar-refractivity contribution in [3.8, 4) is 22.8 Å². The van der Waals surface area contributed by atoms with Crippen molar-refractivity contribution < 1.29 is 9.30 Å². The number of pyridine rings is 1. The van der Waals surface area contributed by atoms with Crippen LogP contribution in [0.3, 0.4) is 0 Å². The maximum Gasteiger partial charge on any atom is 0.228 e. The summed E-state index contributed by atoms with van der Waals surface area (Å²) in [5.41, 5.74) is 4.98. The van der Waals surface area contributed by atoms with Crippen molar-refractivity contribution in [1.82, 2.24) is 0 Å². The summed E-state index contributed by atoms with van der Waals surface area (Å²) < 4.78 is 9.26. The Kier molecular flexibility index (Phi) is 4.57. The maximum absolute atomic E-state index is 6.98. The third kappa shape index (κ3) is 3.17. The molecule has 0 atom stereocenters. The van der Waals surface area contributed by atoms with Gasteiger partial charge in [-0.05, 0) is 45.5 Å². The van der Waals surface area contributed by atoms with Gasteiger partial charge >= 0.3 is 0 Å². The summed E-state index contributed by atoms with van der Waals surface area (Å²) in [5, 5.41) is 9.13. The number of benzene rings is 4. The molecule has 5 aromatic rings. The van der Waals surface area contributed by atoms with Crippen molar-refractivity contribution in [1.29, 1.82) is 0 Å². The summed E-state index contributed by atoms with van der Waals surface area (Å²) in [6.45, 7) is 16.4. The third-order valence-electron chi connectivity index (χ3n) is 7.69. The SMILES string of the molecule is Cc1c2c(c(C(C)(C)C)c3ccccc13)Oc1cc3cc([Si](C)(C)C)ccc3c3cc[n+](C)c-2c13. The van der Waals surface area contributed by atoms with Crippen molar-refractivity contribution in [2.24, 2.45) is 7.05 Å². The molecule has 0 saturated carbocycles. The first-order valence-electron chi connectivity index (χ1n) is 12.6. The standard InChI is InChI=1S/C32H34NOSi/c1-19-22-11-9-10-12-25(22)29(32(2,3)4)31-27(19)30-28-24(15-16-33(30)5)23-14-13-21(35(6,7)8)17-20(23)18-26(28)34-31/h9-18H,1-8H3/q+1. The highest BCUT2D eigenvalue weighted by molar-refractivity contribution is 6.88. The molecule has 0 radical (unpaired) electrons.